The van der Waals surface area contributed by atoms with Crippen LogP contribution in [0.2, 0.25) is 0 Å². The quantitative estimate of drug-likeness (QED) is 0.407. The van der Waals surface area contributed by atoms with Crippen LogP contribution in [0.5, 0.6) is 0 Å². The molecule has 27 heavy (non-hydrogen) atoms. The van der Waals surface area contributed by atoms with Gasteiger partial charge in [0.05, 0.1) is 24.6 Å². The zero-order valence-electron chi connectivity index (χ0n) is 15.8. The Kier molecular flexibility index (Phi) is 9.38. The fraction of sp³-hybridized carbons (Fsp3) is 0.389. The number of carboxylic acids is 2. The second-order valence-corrected chi connectivity index (χ2v) is 5.69. The van der Waals surface area contributed by atoms with Crippen molar-refractivity contribution in [2.45, 2.75) is 0 Å². The maximum absolute atomic E-state index is 9.55. The number of guanidine groups is 1. The van der Waals surface area contributed by atoms with E-state index in [1.165, 1.54) is 5.69 Å². The maximum atomic E-state index is 9.55. The van der Waals surface area contributed by atoms with Gasteiger partial charge in [0.2, 0.25) is 0 Å². The average Bonchev–Trinajstić information content (AvgIpc) is 2.65. The third-order valence-electron chi connectivity index (χ3n) is 3.51. The molecule has 0 bridgehead atoms. The Morgan fingerprint density at radius 3 is 2.19 bits per heavy atom. The molecule has 0 atom stereocenters. The summed E-state index contributed by atoms with van der Waals surface area (Å²) in [6.45, 7) is 3.44. The van der Waals surface area contributed by atoms with Crippen LogP contribution in [0.25, 0.3) is 0 Å². The van der Waals surface area contributed by atoms with Crippen LogP contribution in [0, 0.1) is 0 Å². The van der Waals surface area contributed by atoms with Crippen LogP contribution in [-0.4, -0.2) is 80.5 Å². The van der Waals surface area contributed by atoms with E-state index in [-0.39, 0.29) is 0 Å². The zero-order chi connectivity index (χ0) is 20.2. The van der Waals surface area contributed by atoms with E-state index >= 15 is 0 Å². The van der Waals surface area contributed by atoms with Gasteiger partial charge < -0.3 is 30.1 Å². The molecular formula is C18H26N4O5. The molecule has 148 valence electrons. The highest BCUT2D eigenvalue weighted by molar-refractivity contribution is 5.96. The monoisotopic (exact) mass is 378 g/mol. The highest BCUT2D eigenvalue weighted by atomic mass is 16.5. The summed E-state index contributed by atoms with van der Waals surface area (Å²) < 4.78 is 5.41. The minimum Gasteiger partial charge on any atom is -0.478 e. The summed E-state index contributed by atoms with van der Waals surface area (Å²) in [5.74, 6) is -1.67. The first kappa shape index (κ1) is 22.0. The number of aliphatic imine (C=N–C) groups is 1. The van der Waals surface area contributed by atoms with E-state index in [2.05, 4.69) is 33.4 Å². The van der Waals surface area contributed by atoms with Crippen molar-refractivity contribution in [2.24, 2.45) is 4.99 Å². The first-order valence-corrected chi connectivity index (χ1v) is 8.32. The first-order valence-electron chi connectivity index (χ1n) is 8.32. The molecule has 1 aliphatic rings. The number of hydrogen-bond donors (Lipinski definition) is 3. The average molecular weight is 378 g/mol. The van der Waals surface area contributed by atoms with Crippen LogP contribution < -0.4 is 10.2 Å². The Balaban J connectivity index is 0.000000387. The summed E-state index contributed by atoms with van der Waals surface area (Å²) in [7, 11) is 5.75. The van der Waals surface area contributed by atoms with Crippen molar-refractivity contribution in [3.8, 4) is 0 Å². The second kappa shape index (κ2) is 11.5. The predicted molar refractivity (Wildman–Crippen MR) is 105 cm³/mol. The SMILES string of the molecule is CN=C(Nc1ccccc1N1CCOCC1)N(C)C.O=C(O)C=CC(=O)O. The number of nitrogens with one attached hydrogen (secondary N) is 1. The molecule has 0 saturated carbocycles. The van der Waals surface area contributed by atoms with E-state index in [1.54, 1.807) is 7.05 Å². The van der Waals surface area contributed by atoms with Gasteiger partial charge in [0, 0.05) is 46.4 Å². The Hall–Kier alpha value is -3.07. The summed E-state index contributed by atoms with van der Waals surface area (Å²) in [6.07, 6.45) is 1.12. The number of nitrogens with zero attached hydrogens (tertiary/aromatic N) is 3. The van der Waals surface area contributed by atoms with Gasteiger partial charge in [0.15, 0.2) is 5.96 Å². The largest absolute Gasteiger partial charge is 0.478 e. The molecule has 3 N–H and O–H groups in total. The molecule has 1 aromatic rings. The van der Waals surface area contributed by atoms with Gasteiger partial charge in [-0.3, -0.25) is 4.99 Å². The van der Waals surface area contributed by atoms with Crippen LogP contribution in [0.15, 0.2) is 41.4 Å². The summed E-state index contributed by atoms with van der Waals surface area (Å²) >= 11 is 0. The van der Waals surface area contributed by atoms with E-state index in [0.717, 1.165) is 38.0 Å². The number of rotatable bonds is 4. The Bertz CT molecular complexity index is 666. The Morgan fingerprint density at radius 1 is 1.15 bits per heavy atom. The van der Waals surface area contributed by atoms with E-state index in [0.29, 0.717) is 12.2 Å². The Labute approximate surface area is 158 Å². The van der Waals surface area contributed by atoms with Gasteiger partial charge in [0.1, 0.15) is 0 Å². The molecule has 0 aromatic heterocycles. The number of hydrogen-bond acceptors (Lipinski definition) is 5. The van der Waals surface area contributed by atoms with E-state index in [1.807, 2.05) is 25.1 Å². The lowest BCUT2D eigenvalue weighted by Crippen LogP contribution is -2.37. The number of carbonyl (C=O) groups is 2. The molecule has 1 aromatic carbocycles. The highest BCUT2D eigenvalue weighted by Gasteiger charge is 2.15. The van der Waals surface area contributed by atoms with Gasteiger partial charge >= 0.3 is 11.9 Å². The normalized spacial score (nSPS) is 14.3. The molecule has 0 unspecified atom stereocenters. The highest BCUT2D eigenvalue weighted by Crippen LogP contribution is 2.26. The number of anilines is 2. The minimum absolute atomic E-state index is 0.558. The smallest absolute Gasteiger partial charge is 0.328 e. The van der Waals surface area contributed by atoms with Crippen LogP contribution in [-0.2, 0) is 14.3 Å². The van der Waals surface area contributed by atoms with E-state index in [4.69, 9.17) is 14.9 Å². The summed E-state index contributed by atoms with van der Waals surface area (Å²) in [4.78, 5) is 27.7. The molecule has 0 radical (unpaired) electrons. The number of aliphatic carboxylic acids is 2. The molecule has 1 heterocycles. The summed E-state index contributed by atoms with van der Waals surface area (Å²) in [5, 5.41) is 19.0. The molecule has 0 aliphatic carbocycles. The molecule has 1 saturated heterocycles. The minimum atomic E-state index is -1.26. The topological polar surface area (TPSA) is 115 Å². The van der Waals surface area contributed by atoms with Crippen molar-refractivity contribution in [3.05, 3.63) is 36.4 Å². The second-order valence-electron chi connectivity index (χ2n) is 5.69. The first-order chi connectivity index (χ1) is 12.8. The van der Waals surface area contributed by atoms with Gasteiger partial charge in [0.25, 0.3) is 0 Å². The van der Waals surface area contributed by atoms with Gasteiger partial charge in [-0.1, -0.05) is 12.1 Å². The summed E-state index contributed by atoms with van der Waals surface area (Å²) in [5.41, 5.74) is 2.28. The van der Waals surface area contributed by atoms with Crippen molar-refractivity contribution in [3.63, 3.8) is 0 Å². The zero-order valence-corrected chi connectivity index (χ0v) is 15.8. The van der Waals surface area contributed by atoms with Crippen LogP contribution in [0.4, 0.5) is 11.4 Å². The maximum Gasteiger partial charge on any atom is 0.328 e. The molecule has 0 amide bonds. The number of morpholine rings is 1. The summed E-state index contributed by atoms with van der Waals surface area (Å²) in [6, 6.07) is 8.32. The van der Waals surface area contributed by atoms with E-state index < -0.39 is 11.9 Å². The fourth-order valence-corrected chi connectivity index (χ4v) is 2.29. The van der Waals surface area contributed by atoms with E-state index in [9.17, 15) is 9.59 Å². The van der Waals surface area contributed by atoms with Crippen LogP contribution in [0.1, 0.15) is 0 Å². The van der Waals surface area contributed by atoms with Gasteiger partial charge in [-0.25, -0.2) is 9.59 Å². The van der Waals surface area contributed by atoms with Crippen molar-refractivity contribution in [1.29, 1.82) is 0 Å². The van der Waals surface area contributed by atoms with Gasteiger partial charge in [-0.2, -0.15) is 0 Å². The molecule has 9 nitrogen and oxygen atoms in total. The fourth-order valence-electron chi connectivity index (χ4n) is 2.29. The molecule has 1 fully saturated rings. The standard InChI is InChI=1S/C14H22N4O.C4H4O4/c1-15-14(17(2)3)16-12-6-4-5-7-13(12)18-8-10-19-11-9-18;5-3(6)1-2-4(7)8/h4-7H,8-11H2,1-3H3,(H,15,16);1-2H,(H,5,6)(H,7,8). The van der Waals surface area contributed by atoms with Crippen molar-refractivity contribution in [1.82, 2.24) is 4.90 Å². The number of carboxylic acid groups (broad SMARTS) is 2. The lowest BCUT2D eigenvalue weighted by atomic mass is 10.2. The molecule has 2 rings (SSSR count). The number of ether oxygens (including phenoxy) is 1. The van der Waals surface area contributed by atoms with Crippen LogP contribution in [0.3, 0.4) is 0 Å². The third-order valence-corrected chi connectivity index (χ3v) is 3.51. The van der Waals surface area contributed by atoms with Gasteiger partial charge in [-0.15, -0.1) is 0 Å². The lowest BCUT2D eigenvalue weighted by Gasteiger charge is -2.31. The van der Waals surface area contributed by atoms with Crippen molar-refractivity contribution in [2.75, 3.05) is 57.7 Å². The molecule has 1 aliphatic heterocycles. The van der Waals surface area contributed by atoms with Crippen LogP contribution >= 0.6 is 0 Å². The molecule has 9 heteroatoms. The number of para-hydroxylation sites is 2. The third kappa shape index (κ3) is 8.23. The molecule has 0 spiro atoms. The van der Waals surface area contributed by atoms with Crippen molar-refractivity contribution < 1.29 is 24.5 Å². The van der Waals surface area contributed by atoms with Gasteiger partial charge in [-0.05, 0) is 12.1 Å². The lowest BCUT2D eigenvalue weighted by molar-refractivity contribution is -0.134. The van der Waals surface area contributed by atoms with Crippen molar-refractivity contribution >= 4 is 29.3 Å². The Morgan fingerprint density at radius 2 is 1.70 bits per heavy atom. The predicted octanol–water partition coefficient (Wildman–Crippen LogP) is 1.19. The number of benzene rings is 1. The molecular weight excluding hydrogens is 352 g/mol.